The van der Waals surface area contributed by atoms with Crippen molar-refractivity contribution in [2.24, 2.45) is 5.92 Å². The molecule has 0 saturated carbocycles. The van der Waals surface area contributed by atoms with Crippen molar-refractivity contribution >= 4 is 39.7 Å². The Balaban J connectivity index is 0.00000529. The number of carbonyl (C=O) groups is 1. The molecule has 24 heavy (non-hydrogen) atoms. The van der Waals surface area contributed by atoms with Gasteiger partial charge < -0.3 is 16.0 Å². The predicted molar refractivity (Wildman–Crippen MR) is 100 cm³/mol. The van der Waals surface area contributed by atoms with Crippen molar-refractivity contribution in [2.75, 3.05) is 44.9 Å². The fraction of sp³-hybridized carbons (Fsp3) is 0.533. The molecule has 0 bridgehead atoms. The maximum absolute atomic E-state index is 12.3. The van der Waals surface area contributed by atoms with Gasteiger partial charge in [-0.15, -0.1) is 12.4 Å². The largest absolute Gasteiger partial charge is 0.384 e. The Morgan fingerprint density at radius 1 is 1.25 bits per heavy atom. The first-order valence-electron chi connectivity index (χ1n) is 7.50. The molecule has 9 heteroatoms. The van der Waals surface area contributed by atoms with Gasteiger partial charge in [-0.3, -0.25) is 4.79 Å². The van der Waals surface area contributed by atoms with Crippen molar-refractivity contribution in [3.8, 4) is 0 Å². The van der Waals surface area contributed by atoms with Gasteiger partial charge >= 0.3 is 0 Å². The van der Waals surface area contributed by atoms with Gasteiger partial charge in [0.05, 0.1) is 16.3 Å². The molecule has 7 nitrogen and oxygen atoms in total. The third-order valence-corrected chi connectivity index (χ3v) is 5.16. The smallest absolute Gasteiger partial charge is 0.242 e. The average molecular weight is 379 g/mol. The summed E-state index contributed by atoms with van der Waals surface area (Å²) < 4.78 is 25.7. The summed E-state index contributed by atoms with van der Waals surface area (Å²) in [5, 5.41) is 8.87. The molecule has 0 fully saturated rings. The van der Waals surface area contributed by atoms with Crippen molar-refractivity contribution in [1.82, 2.24) is 9.62 Å². The van der Waals surface area contributed by atoms with Gasteiger partial charge in [-0.25, -0.2) is 12.7 Å². The quantitative estimate of drug-likeness (QED) is 0.639. The monoisotopic (exact) mass is 378 g/mol. The van der Waals surface area contributed by atoms with E-state index in [0.717, 1.165) is 4.31 Å². The van der Waals surface area contributed by atoms with E-state index in [2.05, 4.69) is 16.0 Å². The van der Waals surface area contributed by atoms with Crippen molar-refractivity contribution < 1.29 is 13.2 Å². The third-order valence-electron chi connectivity index (χ3n) is 3.35. The van der Waals surface area contributed by atoms with Crippen LogP contribution in [0.5, 0.6) is 0 Å². The summed E-state index contributed by atoms with van der Waals surface area (Å²) in [5.41, 5.74) is 1.15. The van der Waals surface area contributed by atoms with E-state index in [9.17, 15) is 13.2 Å². The zero-order valence-electron chi connectivity index (χ0n) is 14.7. The van der Waals surface area contributed by atoms with Crippen LogP contribution in [-0.2, 0) is 14.8 Å². The zero-order chi connectivity index (χ0) is 17.6. The minimum Gasteiger partial charge on any atom is -0.384 e. The second-order valence-corrected chi connectivity index (χ2v) is 7.62. The van der Waals surface area contributed by atoms with Crippen LogP contribution >= 0.6 is 12.4 Å². The van der Waals surface area contributed by atoms with Crippen LogP contribution in [0.25, 0.3) is 0 Å². The lowest BCUT2D eigenvalue weighted by Crippen LogP contribution is -2.29. The first-order chi connectivity index (χ1) is 10.7. The summed E-state index contributed by atoms with van der Waals surface area (Å²) in [6, 6.07) is 4.68. The number of halogens is 1. The molecule has 1 amide bonds. The minimum atomic E-state index is -3.56. The fourth-order valence-corrected chi connectivity index (χ4v) is 2.93. The Bertz CT molecular complexity index is 650. The number of amides is 1. The van der Waals surface area contributed by atoms with E-state index in [1.54, 1.807) is 20.0 Å². The number of nitrogens with zero attached hydrogens (tertiary/aromatic N) is 1. The summed E-state index contributed by atoms with van der Waals surface area (Å²) >= 11 is 0. The van der Waals surface area contributed by atoms with E-state index >= 15 is 0 Å². The van der Waals surface area contributed by atoms with E-state index < -0.39 is 10.0 Å². The lowest BCUT2D eigenvalue weighted by atomic mass is 10.1. The van der Waals surface area contributed by atoms with Crippen molar-refractivity contribution in [2.45, 2.75) is 18.7 Å². The van der Waals surface area contributed by atoms with E-state index in [-0.39, 0.29) is 29.1 Å². The molecular weight excluding hydrogens is 352 g/mol. The van der Waals surface area contributed by atoms with Crippen LogP contribution < -0.4 is 16.0 Å². The predicted octanol–water partition coefficient (Wildman–Crippen LogP) is 1.58. The summed E-state index contributed by atoms with van der Waals surface area (Å²) in [7, 11) is 1.17. The first kappa shape index (κ1) is 22.6. The molecule has 1 rings (SSSR count). The second-order valence-electron chi connectivity index (χ2n) is 5.47. The Kier molecular flexibility index (Phi) is 9.27. The van der Waals surface area contributed by atoms with E-state index in [4.69, 9.17) is 0 Å². The second kappa shape index (κ2) is 9.83. The molecule has 138 valence electrons. The number of sulfonamides is 1. The van der Waals surface area contributed by atoms with E-state index in [0.29, 0.717) is 24.5 Å². The fourth-order valence-electron chi connectivity index (χ4n) is 2.00. The van der Waals surface area contributed by atoms with Gasteiger partial charge in [0.15, 0.2) is 0 Å². The van der Waals surface area contributed by atoms with Crippen LogP contribution in [0.3, 0.4) is 0 Å². The molecule has 0 aliphatic heterocycles. The van der Waals surface area contributed by atoms with Gasteiger partial charge in [0, 0.05) is 33.1 Å². The molecule has 0 heterocycles. The maximum Gasteiger partial charge on any atom is 0.242 e. The average Bonchev–Trinajstić information content (AvgIpc) is 2.49. The van der Waals surface area contributed by atoms with Gasteiger partial charge in [0.25, 0.3) is 0 Å². The number of rotatable bonds is 8. The number of benzene rings is 1. The standard InChI is InChI=1S/C15H26N4O3S.ClH/c1-6-17-13-8-7-12(23(21,22)19(4)5)9-14(13)18-15(20)11(2)10-16-3;/h7-9,11,16-17H,6,10H2,1-5H3,(H,18,20);1H. The number of hydrogen-bond donors (Lipinski definition) is 3. The van der Waals surface area contributed by atoms with Gasteiger partial charge in [-0.05, 0) is 32.2 Å². The lowest BCUT2D eigenvalue weighted by Gasteiger charge is -2.18. The molecule has 0 saturated heterocycles. The lowest BCUT2D eigenvalue weighted by molar-refractivity contribution is -0.119. The summed E-state index contributed by atoms with van der Waals surface area (Å²) in [6.45, 7) is 4.94. The third kappa shape index (κ3) is 5.62. The Morgan fingerprint density at radius 3 is 2.38 bits per heavy atom. The molecule has 0 radical (unpaired) electrons. The Labute approximate surface area is 150 Å². The van der Waals surface area contributed by atoms with Crippen LogP contribution in [-0.4, -0.2) is 52.9 Å². The molecule has 0 aliphatic carbocycles. The highest BCUT2D eigenvalue weighted by Crippen LogP contribution is 2.27. The van der Waals surface area contributed by atoms with Crippen molar-refractivity contribution in [1.29, 1.82) is 0 Å². The molecule has 0 aromatic heterocycles. The number of nitrogens with one attached hydrogen (secondary N) is 3. The van der Waals surface area contributed by atoms with Gasteiger partial charge in [0.2, 0.25) is 15.9 Å². The molecular formula is C15H27ClN4O3S. The Morgan fingerprint density at radius 2 is 1.88 bits per heavy atom. The van der Waals surface area contributed by atoms with Crippen LogP contribution in [0.15, 0.2) is 23.1 Å². The minimum absolute atomic E-state index is 0. The zero-order valence-corrected chi connectivity index (χ0v) is 16.3. The molecule has 1 unspecified atom stereocenters. The van der Waals surface area contributed by atoms with Crippen LogP contribution in [0.4, 0.5) is 11.4 Å². The summed E-state index contributed by atoms with van der Waals surface area (Å²) in [6.07, 6.45) is 0. The highest BCUT2D eigenvalue weighted by molar-refractivity contribution is 7.89. The SMILES string of the molecule is CCNc1ccc(S(=O)(=O)N(C)C)cc1NC(=O)C(C)CNC.Cl. The van der Waals surface area contributed by atoms with Crippen molar-refractivity contribution in [3.63, 3.8) is 0 Å². The Hall–Kier alpha value is -1.35. The van der Waals surface area contributed by atoms with Gasteiger partial charge in [-0.1, -0.05) is 6.92 Å². The molecule has 3 N–H and O–H groups in total. The number of carbonyl (C=O) groups excluding carboxylic acids is 1. The highest BCUT2D eigenvalue weighted by Gasteiger charge is 2.20. The van der Waals surface area contributed by atoms with Gasteiger partial charge in [-0.2, -0.15) is 0 Å². The van der Waals surface area contributed by atoms with Crippen LogP contribution in [0.2, 0.25) is 0 Å². The highest BCUT2D eigenvalue weighted by atomic mass is 35.5. The summed E-state index contributed by atoms with van der Waals surface area (Å²) in [5.74, 6) is -0.401. The molecule has 0 aliphatic rings. The number of anilines is 2. The molecule has 1 aromatic rings. The summed E-state index contributed by atoms with van der Waals surface area (Å²) in [4.78, 5) is 12.4. The number of hydrogen-bond acceptors (Lipinski definition) is 5. The molecule has 0 spiro atoms. The van der Waals surface area contributed by atoms with Gasteiger partial charge in [0.1, 0.15) is 0 Å². The first-order valence-corrected chi connectivity index (χ1v) is 8.94. The van der Waals surface area contributed by atoms with Crippen LogP contribution in [0.1, 0.15) is 13.8 Å². The normalized spacial score (nSPS) is 12.4. The van der Waals surface area contributed by atoms with E-state index in [1.165, 1.54) is 26.2 Å². The molecule has 1 aromatic carbocycles. The molecule has 1 atom stereocenters. The maximum atomic E-state index is 12.3. The topological polar surface area (TPSA) is 90.5 Å². The van der Waals surface area contributed by atoms with E-state index in [1.807, 2.05) is 6.92 Å². The van der Waals surface area contributed by atoms with Crippen molar-refractivity contribution in [3.05, 3.63) is 18.2 Å². The van der Waals surface area contributed by atoms with Crippen LogP contribution in [0, 0.1) is 5.92 Å².